The van der Waals surface area contributed by atoms with Crippen molar-refractivity contribution < 1.29 is 0 Å². The first-order chi connectivity index (χ1) is 21.8. The van der Waals surface area contributed by atoms with Crippen LogP contribution >= 0.6 is 0 Å². The van der Waals surface area contributed by atoms with Crippen LogP contribution in [0.4, 0.5) is 0 Å². The molecule has 7 aromatic carbocycles. The average Bonchev–Trinajstić information content (AvgIpc) is 3.60. The molecule has 206 valence electrons. The highest BCUT2D eigenvalue weighted by Crippen LogP contribution is 2.51. The molecule has 9 rings (SSSR count). The van der Waals surface area contributed by atoms with Crippen LogP contribution in [0.15, 0.2) is 170 Å². The molecule has 44 heavy (non-hydrogen) atoms. The van der Waals surface area contributed by atoms with Crippen LogP contribution in [-0.2, 0) is 0 Å². The van der Waals surface area contributed by atoms with Gasteiger partial charge < -0.3 is 4.57 Å². The number of fused-ring (bicyclic) bond motifs is 6. The van der Waals surface area contributed by atoms with Crippen LogP contribution in [-0.4, -0.2) is 4.57 Å². The smallest absolute Gasteiger partial charge is 0.0544 e. The summed E-state index contributed by atoms with van der Waals surface area (Å²) in [5.41, 5.74) is 15.3. The zero-order valence-electron chi connectivity index (χ0n) is 24.2. The Hall–Kier alpha value is -5.66. The highest BCUT2D eigenvalue weighted by atomic mass is 15.0. The third-order valence-corrected chi connectivity index (χ3v) is 9.26. The van der Waals surface area contributed by atoms with Crippen molar-refractivity contribution in [2.45, 2.75) is 5.92 Å². The van der Waals surface area contributed by atoms with Gasteiger partial charge in [0.05, 0.1) is 11.0 Å². The molecule has 0 radical (unpaired) electrons. The molecule has 0 bridgehead atoms. The molecule has 0 fully saturated rings. The fraction of sp³-hybridized carbons (Fsp3) is 0.0233. The fourth-order valence-electron chi connectivity index (χ4n) is 7.29. The number of aromatic nitrogens is 1. The van der Waals surface area contributed by atoms with Crippen molar-refractivity contribution in [3.63, 3.8) is 0 Å². The van der Waals surface area contributed by atoms with E-state index in [1.807, 2.05) is 0 Å². The summed E-state index contributed by atoms with van der Waals surface area (Å²) in [7, 11) is 0. The lowest BCUT2D eigenvalue weighted by Gasteiger charge is -2.17. The van der Waals surface area contributed by atoms with Crippen molar-refractivity contribution in [3.05, 3.63) is 187 Å². The Labute approximate surface area is 257 Å². The molecular weight excluding hydrogens is 530 g/mol. The van der Waals surface area contributed by atoms with E-state index in [1.54, 1.807) is 0 Å². The number of benzene rings is 7. The van der Waals surface area contributed by atoms with Gasteiger partial charge in [0, 0.05) is 22.4 Å². The Morgan fingerprint density at radius 2 is 1.00 bits per heavy atom. The van der Waals surface area contributed by atoms with Gasteiger partial charge in [0.1, 0.15) is 0 Å². The first-order valence-electron chi connectivity index (χ1n) is 15.3. The van der Waals surface area contributed by atoms with E-state index in [1.165, 1.54) is 77.6 Å². The second kappa shape index (κ2) is 9.97. The molecule has 0 N–H and O–H groups in total. The van der Waals surface area contributed by atoms with Gasteiger partial charge in [0.2, 0.25) is 0 Å². The average molecular weight is 560 g/mol. The lowest BCUT2D eigenvalue weighted by atomic mass is 9.87. The molecule has 0 aliphatic heterocycles. The van der Waals surface area contributed by atoms with Gasteiger partial charge in [0.15, 0.2) is 0 Å². The predicted octanol–water partition coefficient (Wildman–Crippen LogP) is 11.3. The van der Waals surface area contributed by atoms with E-state index in [0.717, 1.165) is 0 Å². The van der Waals surface area contributed by atoms with Crippen molar-refractivity contribution in [2.24, 2.45) is 0 Å². The molecule has 1 unspecified atom stereocenters. The zero-order valence-corrected chi connectivity index (χ0v) is 24.2. The van der Waals surface area contributed by atoms with Crippen LogP contribution in [0.25, 0.3) is 60.9 Å². The molecule has 8 aromatic rings. The summed E-state index contributed by atoms with van der Waals surface area (Å²) in [4.78, 5) is 0. The number of hydrogen-bond donors (Lipinski definition) is 0. The largest absolute Gasteiger partial charge is 0.309 e. The predicted molar refractivity (Wildman–Crippen MR) is 184 cm³/mol. The molecule has 0 spiro atoms. The van der Waals surface area contributed by atoms with E-state index in [-0.39, 0.29) is 5.92 Å². The molecule has 1 nitrogen and oxygen atoms in total. The second-order valence-corrected chi connectivity index (χ2v) is 11.7. The van der Waals surface area contributed by atoms with Gasteiger partial charge in [-0.15, -0.1) is 0 Å². The van der Waals surface area contributed by atoms with E-state index in [0.29, 0.717) is 0 Å². The van der Waals surface area contributed by atoms with E-state index in [4.69, 9.17) is 0 Å². The van der Waals surface area contributed by atoms with Gasteiger partial charge in [-0.3, -0.25) is 0 Å². The maximum absolute atomic E-state index is 2.47. The van der Waals surface area contributed by atoms with Gasteiger partial charge in [-0.05, 0) is 80.4 Å². The second-order valence-electron chi connectivity index (χ2n) is 11.7. The van der Waals surface area contributed by atoms with Crippen molar-refractivity contribution in [2.75, 3.05) is 0 Å². The lowest BCUT2D eigenvalue weighted by Crippen LogP contribution is -2.00. The standard InChI is InChI=1S/C43H29N/c1-3-13-29(14-4-1)31-17-11-19-33(25-31)43-37-23-8-7-21-35(37)38-27-39-36-22-9-10-24-41(36)44(42(39)28-40(38)43)34-20-12-18-32(26-34)30-15-5-2-6-16-30/h1-28,43H. The van der Waals surface area contributed by atoms with Crippen LogP contribution < -0.4 is 0 Å². The van der Waals surface area contributed by atoms with Gasteiger partial charge >= 0.3 is 0 Å². The van der Waals surface area contributed by atoms with Crippen LogP contribution in [0.3, 0.4) is 0 Å². The minimum Gasteiger partial charge on any atom is -0.309 e. The lowest BCUT2D eigenvalue weighted by molar-refractivity contribution is 1.02. The summed E-state index contributed by atoms with van der Waals surface area (Å²) in [6, 6.07) is 62.1. The first kappa shape index (κ1) is 24.9. The van der Waals surface area contributed by atoms with E-state index in [9.17, 15) is 0 Å². The summed E-state index contributed by atoms with van der Waals surface area (Å²) in [6.45, 7) is 0. The topological polar surface area (TPSA) is 4.93 Å². The Morgan fingerprint density at radius 3 is 1.80 bits per heavy atom. The van der Waals surface area contributed by atoms with Crippen LogP contribution in [0.1, 0.15) is 22.6 Å². The Bertz CT molecular complexity index is 2330. The summed E-state index contributed by atoms with van der Waals surface area (Å²) >= 11 is 0. The van der Waals surface area contributed by atoms with Gasteiger partial charge in [-0.2, -0.15) is 0 Å². The first-order valence-corrected chi connectivity index (χ1v) is 15.3. The minimum atomic E-state index is 0.163. The van der Waals surface area contributed by atoms with Crippen molar-refractivity contribution >= 4 is 21.8 Å². The number of hydrogen-bond acceptors (Lipinski definition) is 0. The summed E-state index contributed by atoms with van der Waals surface area (Å²) < 4.78 is 2.46. The molecule has 1 aromatic heterocycles. The number of nitrogens with zero attached hydrogens (tertiary/aromatic N) is 1. The molecular formula is C43H29N. The SMILES string of the molecule is c1ccc(-c2cccc(C3c4ccccc4-c4cc5c6ccccc6n(-c6cccc(-c7ccccc7)c6)c5cc43)c2)cc1. The highest BCUT2D eigenvalue weighted by Gasteiger charge is 2.31. The molecule has 1 aliphatic carbocycles. The van der Waals surface area contributed by atoms with Crippen LogP contribution in [0.5, 0.6) is 0 Å². The maximum atomic E-state index is 2.47. The van der Waals surface area contributed by atoms with Crippen molar-refractivity contribution in [1.82, 2.24) is 4.57 Å². The van der Waals surface area contributed by atoms with Gasteiger partial charge in [-0.25, -0.2) is 0 Å². The highest BCUT2D eigenvalue weighted by molar-refractivity contribution is 6.11. The Balaban J connectivity index is 1.29. The molecule has 0 saturated heterocycles. The number of para-hydroxylation sites is 1. The third-order valence-electron chi connectivity index (χ3n) is 9.26. The summed E-state index contributed by atoms with van der Waals surface area (Å²) in [5.74, 6) is 0.163. The van der Waals surface area contributed by atoms with Crippen LogP contribution in [0.2, 0.25) is 0 Å². The van der Waals surface area contributed by atoms with Crippen molar-refractivity contribution in [3.8, 4) is 39.1 Å². The summed E-state index contributed by atoms with van der Waals surface area (Å²) in [6.07, 6.45) is 0. The normalized spacial score (nSPS) is 13.7. The molecule has 1 heterocycles. The van der Waals surface area contributed by atoms with Gasteiger partial charge in [-0.1, -0.05) is 140 Å². The fourth-order valence-corrected chi connectivity index (χ4v) is 7.29. The third kappa shape index (κ3) is 3.87. The minimum absolute atomic E-state index is 0.163. The molecule has 0 saturated carbocycles. The monoisotopic (exact) mass is 559 g/mol. The molecule has 1 heteroatoms. The Morgan fingerprint density at radius 1 is 0.364 bits per heavy atom. The van der Waals surface area contributed by atoms with E-state index in [2.05, 4.69) is 174 Å². The zero-order chi connectivity index (χ0) is 29.0. The Kier molecular flexibility index (Phi) is 5.64. The van der Waals surface area contributed by atoms with E-state index >= 15 is 0 Å². The van der Waals surface area contributed by atoms with Gasteiger partial charge in [0.25, 0.3) is 0 Å². The quantitative estimate of drug-likeness (QED) is 0.202. The van der Waals surface area contributed by atoms with Crippen molar-refractivity contribution in [1.29, 1.82) is 0 Å². The molecule has 1 aliphatic rings. The maximum Gasteiger partial charge on any atom is 0.0544 e. The van der Waals surface area contributed by atoms with E-state index < -0.39 is 0 Å². The van der Waals surface area contributed by atoms with Crippen LogP contribution in [0, 0.1) is 0 Å². The summed E-state index contributed by atoms with van der Waals surface area (Å²) in [5, 5.41) is 2.57. The number of rotatable bonds is 4. The molecule has 1 atom stereocenters. The molecule has 0 amide bonds.